The van der Waals surface area contributed by atoms with E-state index < -0.39 is 6.10 Å². The number of para-hydroxylation sites is 2. The van der Waals surface area contributed by atoms with Crippen molar-refractivity contribution in [2.45, 2.75) is 39.8 Å². The number of carbonyl (C=O) groups is 2. The summed E-state index contributed by atoms with van der Waals surface area (Å²) in [6.07, 6.45) is -0.676. The van der Waals surface area contributed by atoms with Crippen LogP contribution in [0.4, 0.5) is 5.69 Å². The standard InChI is InChI=1S/C16H22N2O3/c1-10(2)11(3)17-16(20)15-9-18(12(4)19)13-7-5-6-8-14(13)21-15/h5-8,10-11,15H,9H2,1-4H3,(H,17,20)/t11-,15+/m0/s1. The van der Waals surface area contributed by atoms with E-state index in [2.05, 4.69) is 5.32 Å². The van der Waals surface area contributed by atoms with Gasteiger partial charge in [0.25, 0.3) is 5.91 Å². The molecule has 0 unspecified atom stereocenters. The number of hydrogen-bond acceptors (Lipinski definition) is 3. The van der Waals surface area contributed by atoms with E-state index >= 15 is 0 Å². The summed E-state index contributed by atoms with van der Waals surface area (Å²) in [6.45, 7) is 7.78. The van der Waals surface area contributed by atoms with Gasteiger partial charge in [-0.25, -0.2) is 0 Å². The van der Waals surface area contributed by atoms with Crippen LogP contribution in [0.1, 0.15) is 27.7 Å². The van der Waals surface area contributed by atoms with Crippen LogP contribution in [0.3, 0.4) is 0 Å². The zero-order chi connectivity index (χ0) is 15.6. The third kappa shape index (κ3) is 3.35. The predicted octanol–water partition coefficient (Wildman–Crippen LogP) is 1.96. The molecule has 0 saturated carbocycles. The summed E-state index contributed by atoms with van der Waals surface area (Å²) in [5.74, 6) is 0.627. The summed E-state index contributed by atoms with van der Waals surface area (Å²) in [5, 5.41) is 2.94. The Hall–Kier alpha value is -2.04. The van der Waals surface area contributed by atoms with Gasteiger partial charge < -0.3 is 15.0 Å². The molecule has 21 heavy (non-hydrogen) atoms. The van der Waals surface area contributed by atoms with Crippen molar-refractivity contribution in [3.63, 3.8) is 0 Å². The monoisotopic (exact) mass is 290 g/mol. The topological polar surface area (TPSA) is 58.6 Å². The summed E-state index contributed by atoms with van der Waals surface area (Å²) in [6, 6.07) is 7.33. The lowest BCUT2D eigenvalue weighted by Crippen LogP contribution is -2.52. The molecule has 2 rings (SSSR count). The van der Waals surface area contributed by atoms with Crippen LogP contribution in [0, 0.1) is 5.92 Å². The number of nitrogens with one attached hydrogen (secondary N) is 1. The molecule has 0 saturated heterocycles. The molecule has 2 amide bonds. The van der Waals surface area contributed by atoms with Crippen LogP contribution in [-0.2, 0) is 9.59 Å². The van der Waals surface area contributed by atoms with E-state index in [9.17, 15) is 9.59 Å². The van der Waals surface area contributed by atoms with Crippen LogP contribution in [-0.4, -0.2) is 30.5 Å². The Kier molecular flexibility index (Phi) is 4.50. The van der Waals surface area contributed by atoms with Crippen molar-refractivity contribution in [3.8, 4) is 5.75 Å². The summed E-state index contributed by atoms with van der Waals surface area (Å²) in [7, 11) is 0. The van der Waals surface area contributed by atoms with E-state index in [-0.39, 0.29) is 24.4 Å². The van der Waals surface area contributed by atoms with Crippen molar-refractivity contribution in [2.24, 2.45) is 5.92 Å². The second-order valence-electron chi connectivity index (χ2n) is 5.75. The normalized spacial score (nSPS) is 18.7. The van der Waals surface area contributed by atoms with E-state index in [1.54, 1.807) is 11.0 Å². The Bertz CT molecular complexity index is 542. The quantitative estimate of drug-likeness (QED) is 0.926. The number of benzene rings is 1. The van der Waals surface area contributed by atoms with Gasteiger partial charge in [-0.2, -0.15) is 0 Å². The summed E-state index contributed by atoms with van der Waals surface area (Å²) < 4.78 is 5.75. The SMILES string of the molecule is CC(=O)N1C[C@H](C(=O)N[C@@H](C)C(C)C)Oc2ccccc21. The van der Waals surface area contributed by atoms with Crippen molar-refractivity contribution >= 4 is 17.5 Å². The van der Waals surface area contributed by atoms with E-state index in [0.717, 1.165) is 0 Å². The van der Waals surface area contributed by atoms with Gasteiger partial charge in [-0.15, -0.1) is 0 Å². The Balaban J connectivity index is 2.18. The highest BCUT2D eigenvalue weighted by Gasteiger charge is 2.33. The maximum absolute atomic E-state index is 12.3. The van der Waals surface area contributed by atoms with Crippen molar-refractivity contribution < 1.29 is 14.3 Å². The van der Waals surface area contributed by atoms with Gasteiger partial charge in [0.05, 0.1) is 12.2 Å². The fourth-order valence-electron chi connectivity index (χ4n) is 2.15. The summed E-state index contributed by atoms with van der Waals surface area (Å²) >= 11 is 0. The third-order valence-electron chi connectivity index (χ3n) is 3.82. The Morgan fingerprint density at radius 3 is 2.57 bits per heavy atom. The highest BCUT2D eigenvalue weighted by Crippen LogP contribution is 2.33. The molecule has 0 aliphatic carbocycles. The molecule has 0 bridgehead atoms. The lowest BCUT2D eigenvalue weighted by atomic mass is 10.1. The summed E-state index contributed by atoms with van der Waals surface area (Å²) in [4.78, 5) is 25.7. The molecule has 0 aromatic heterocycles. The predicted molar refractivity (Wildman–Crippen MR) is 81.3 cm³/mol. The Morgan fingerprint density at radius 1 is 1.29 bits per heavy atom. The number of rotatable bonds is 3. The van der Waals surface area contributed by atoms with Crippen molar-refractivity contribution in [2.75, 3.05) is 11.4 Å². The van der Waals surface area contributed by atoms with Gasteiger partial charge in [0.15, 0.2) is 6.10 Å². The molecule has 5 nitrogen and oxygen atoms in total. The number of ether oxygens (including phenoxy) is 1. The first-order chi connectivity index (χ1) is 9.90. The lowest BCUT2D eigenvalue weighted by molar-refractivity contribution is -0.129. The minimum atomic E-state index is -0.676. The first kappa shape index (κ1) is 15.4. The number of nitrogens with zero attached hydrogens (tertiary/aromatic N) is 1. The van der Waals surface area contributed by atoms with Gasteiger partial charge in [-0.05, 0) is 25.0 Å². The molecule has 1 N–H and O–H groups in total. The number of carbonyl (C=O) groups excluding carboxylic acids is 2. The van der Waals surface area contributed by atoms with E-state index in [1.807, 2.05) is 39.0 Å². The van der Waals surface area contributed by atoms with Gasteiger partial charge >= 0.3 is 0 Å². The fraction of sp³-hybridized carbons (Fsp3) is 0.500. The number of fused-ring (bicyclic) bond motifs is 1. The molecule has 1 aliphatic rings. The lowest BCUT2D eigenvalue weighted by Gasteiger charge is -2.34. The number of amides is 2. The smallest absolute Gasteiger partial charge is 0.263 e. The van der Waals surface area contributed by atoms with Gasteiger partial charge in [0.1, 0.15) is 5.75 Å². The van der Waals surface area contributed by atoms with Crippen LogP contribution >= 0.6 is 0 Å². The first-order valence-corrected chi connectivity index (χ1v) is 7.24. The number of anilines is 1. The molecule has 1 aromatic rings. The van der Waals surface area contributed by atoms with E-state index in [4.69, 9.17) is 4.74 Å². The molecule has 2 atom stereocenters. The molecule has 114 valence electrons. The van der Waals surface area contributed by atoms with Crippen LogP contribution in [0.25, 0.3) is 0 Å². The van der Waals surface area contributed by atoms with Crippen LogP contribution in [0.5, 0.6) is 5.75 Å². The molecular weight excluding hydrogens is 268 g/mol. The van der Waals surface area contributed by atoms with E-state index in [1.165, 1.54) is 6.92 Å². The Morgan fingerprint density at radius 2 is 1.95 bits per heavy atom. The molecule has 1 aromatic carbocycles. The maximum atomic E-state index is 12.3. The number of hydrogen-bond donors (Lipinski definition) is 1. The first-order valence-electron chi connectivity index (χ1n) is 7.24. The average Bonchev–Trinajstić information content (AvgIpc) is 2.45. The van der Waals surface area contributed by atoms with Crippen molar-refractivity contribution in [3.05, 3.63) is 24.3 Å². The molecule has 0 fully saturated rings. The van der Waals surface area contributed by atoms with Gasteiger partial charge in [-0.1, -0.05) is 26.0 Å². The van der Waals surface area contributed by atoms with Gasteiger partial charge in [0, 0.05) is 13.0 Å². The zero-order valence-electron chi connectivity index (χ0n) is 12.9. The fourth-order valence-corrected chi connectivity index (χ4v) is 2.15. The molecule has 0 spiro atoms. The van der Waals surface area contributed by atoms with Crippen LogP contribution in [0.2, 0.25) is 0 Å². The second-order valence-corrected chi connectivity index (χ2v) is 5.75. The molecular formula is C16H22N2O3. The van der Waals surface area contributed by atoms with E-state index in [0.29, 0.717) is 17.4 Å². The van der Waals surface area contributed by atoms with Gasteiger partial charge in [-0.3, -0.25) is 9.59 Å². The Labute approximate surface area is 125 Å². The minimum Gasteiger partial charge on any atom is -0.477 e. The zero-order valence-corrected chi connectivity index (χ0v) is 12.9. The highest BCUT2D eigenvalue weighted by atomic mass is 16.5. The second kappa shape index (κ2) is 6.16. The third-order valence-corrected chi connectivity index (χ3v) is 3.82. The van der Waals surface area contributed by atoms with Crippen LogP contribution in [0.15, 0.2) is 24.3 Å². The van der Waals surface area contributed by atoms with Crippen molar-refractivity contribution in [1.29, 1.82) is 0 Å². The molecule has 1 aliphatic heterocycles. The van der Waals surface area contributed by atoms with Crippen molar-refractivity contribution in [1.82, 2.24) is 5.32 Å². The largest absolute Gasteiger partial charge is 0.477 e. The molecule has 1 heterocycles. The summed E-state index contributed by atoms with van der Waals surface area (Å²) in [5.41, 5.74) is 0.714. The highest BCUT2D eigenvalue weighted by molar-refractivity contribution is 5.95. The average molecular weight is 290 g/mol. The molecule has 0 radical (unpaired) electrons. The van der Waals surface area contributed by atoms with Gasteiger partial charge in [0.2, 0.25) is 5.91 Å². The molecule has 5 heteroatoms. The van der Waals surface area contributed by atoms with Crippen LogP contribution < -0.4 is 15.0 Å². The maximum Gasteiger partial charge on any atom is 0.263 e. The minimum absolute atomic E-state index is 0.0593.